The van der Waals surface area contributed by atoms with Crippen molar-refractivity contribution >= 4 is 17.6 Å². The molecule has 2 rings (SSSR count). The van der Waals surface area contributed by atoms with Crippen LogP contribution in [-0.4, -0.2) is 53.6 Å². The molecular formula is C20H31ClN6. The maximum atomic E-state index is 6.47. The number of hydrogen-bond acceptors (Lipinski definition) is 3. The van der Waals surface area contributed by atoms with E-state index in [1.807, 2.05) is 30.7 Å². The average Bonchev–Trinajstić information content (AvgIpc) is 3.21. The molecule has 148 valence electrons. The van der Waals surface area contributed by atoms with E-state index in [-0.39, 0.29) is 6.04 Å². The molecule has 6 nitrogen and oxygen atoms in total. The Morgan fingerprint density at radius 1 is 1.26 bits per heavy atom. The summed E-state index contributed by atoms with van der Waals surface area (Å²) in [6, 6.07) is 8.27. The zero-order valence-corrected chi connectivity index (χ0v) is 17.3. The van der Waals surface area contributed by atoms with Crippen molar-refractivity contribution in [2.75, 3.05) is 33.2 Å². The summed E-state index contributed by atoms with van der Waals surface area (Å²) in [6.07, 6.45) is 6.62. The summed E-state index contributed by atoms with van der Waals surface area (Å²) in [6.45, 7) is 8.81. The van der Waals surface area contributed by atoms with Crippen molar-refractivity contribution < 1.29 is 0 Å². The summed E-state index contributed by atoms with van der Waals surface area (Å²) < 4.78 is 2.08. The summed E-state index contributed by atoms with van der Waals surface area (Å²) in [4.78, 5) is 10.8. The summed E-state index contributed by atoms with van der Waals surface area (Å²) in [7, 11) is 1.80. The highest BCUT2D eigenvalue weighted by molar-refractivity contribution is 6.31. The molecule has 1 aromatic carbocycles. The van der Waals surface area contributed by atoms with Gasteiger partial charge in [-0.25, -0.2) is 4.98 Å². The second-order valence-corrected chi connectivity index (χ2v) is 6.70. The molecule has 1 atom stereocenters. The lowest BCUT2D eigenvalue weighted by Crippen LogP contribution is -2.43. The molecule has 2 N–H and O–H groups in total. The van der Waals surface area contributed by atoms with Gasteiger partial charge in [0.15, 0.2) is 5.96 Å². The Hall–Kier alpha value is -2.05. The zero-order valence-electron chi connectivity index (χ0n) is 16.5. The van der Waals surface area contributed by atoms with E-state index >= 15 is 0 Å². The molecule has 1 aromatic heterocycles. The number of aliphatic imine (C=N–C) groups is 1. The van der Waals surface area contributed by atoms with Crippen molar-refractivity contribution in [2.45, 2.75) is 32.9 Å². The van der Waals surface area contributed by atoms with Gasteiger partial charge in [0, 0.05) is 44.1 Å². The molecule has 1 heterocycles. The van der Waals surface area contributed by atoms with Crippen LogP contribution in [-0.2, 0) is 6.54 Å². The highest BCUT2D eigenvalue weighted by Gasteiger charge is 2.20. The van der Waals surface area contributed by atoms with Crippen LogP contribution in [0.25, 0.3) is 0 Å². The Morgan fingerprint density at radius 3 is 2.67 bits per heavy atom. The van der Waals surface area contributed by atoms with Crippen molar-refractivity contribution in [3.05, 3.63) is 53.6 Å². The maximum Gasteiger partial charge on any atom is 0.191 e. The summed E-state index contributed by atoms with van der Waals surface area (Å²) >= 11 is 6.47. The van der Waals surface area contributed by atoms with Gasteiger partial charge in [-0.1, -0.05) is 43.6 Å². The van der Waals surface area contributed by atoms with Gasteiger partial charge in [-0.2, -0.15) is 0 Å². The zero-order chi connectivity index (χ0) is 19.5. The number of rotatable bonds is 10. The highest BCUT2D eigenvalue weighted by Crippen LogP contribution is 2.26. The molecule has 0 saturated heterocycles. The molecule has 0 fully saturated rings. The molecule has 0 amide bonds. The van der Waals surface area contributed by atoms with Crippen LogP contribution >= 0.6 is 11.6 Å². The van der Waals surface area contributed by atoms with Crippen LogP contribution in [0.5, 0.6) is 0 Å². The third-order valence-corrected chi connectivity index (χ3v) is 4.99. The molecule has 0 aliphatic rings. The quantitative estimate of drug-likeness (QED) is 0.371. The van der Waals surface area contributed by atoms with Gasteiger partial charge in [0.05, 0.1) is 12.4 Å². The second kappa shape index (κ2) is 11.6. The number of aryl methyl sites for hydroxylation is 1. The number of nitrogens with zero attached hydrogens (tertiary/aromatic N) is 4. The van der Waals surface area contributed by atoms with Crippen molar-refractivity contribution in [2.24, 2.45) is 4.99 Å². The number of aromatic nitrogens is 2. The number of likely N-dealkylation sites (N-methyl/N-ethyl adjacent to an activating group) is 1. The monoisotopic (exact) mass is 390 g/mol. The minimum absolute atomic E-state index is 0.193. The third kappa shape index (κ3) is 6.56. The first kappa shape index (κ1) is 21.3. The van der Waals surface area contributed by atoms with E-state index in [9.17, 15) is 0 Å². The third-order valence-electron chi connectivity index (χ3n) is 4.65. The van der Waals surface area contributed by atoms with E-state index in [0.29, 0.717) is 0 Å². The summed E-state index contributed by atoms with van der Waals surface area (Å²) in [5.74, 6) is 0.810. The van der Waals surface area contributed by atoms with Crippen LogP contribution in [0.4, 0.5) is 0 Å². The highest BCUT2D eigenvalue weighted by atomic mass is 35.5. The first-order chi connectivity index (χ1) is 13.2. The number of guanidine groups is 1. The predicted molar refractivity (Wildman–Crippen MR) is 113 cm³/mol. The van der Waals surface area contributed by atoms with Crippen LogP contribution in [0.15, 0.2) is 48.0 Å². The maximum absolute atomic E-state index is 6.47. The number of imidazole rings is 1. The van der Waals surface area contributed by atoms with Crippen molar-refractivity contribution in [3.63, 3.8) is 0 Å². The van der Waals surface area contributed by atoms with Crippen molar-refractivity contribution in [1.29, 1.82) is 0 Å². The van der Waals surface area contributed by atoms with Gasteiger partial charge in [-0.05, 0) is 31.1 Å². The van der Waals surface area contributed by atoms with E-state index in [2.05, 4.69) is 50.0 Å². The van der Waals surface area contributed by atoms with Gasteiger partial charge in [0.25, 0.3) is 0 Å². The number of halogens is 1. The largest absolute Gasteiger partial charge is 0.356 e. The van der Waals surface area contributed by atoms with E-state index < -0.39 is 0 Å². The number of nitrogens with one attached hydrogen (secondary N) is 2. The molecular weight excluding hydrogens is 360 g/mol. The molecule has 0 bridgehead atoms. The van der Waals surface area contributed by atoms with E-state index in [1.165, 1.54) is 0 Å². The smallest absolute Gasteiger partial charge is 0.191 e. The SMILES string of the molecule is CCN(CC)C(CNC(=NC)NCCCn1ccnc1)c1ccccc1Cl. The van der Waals surface area contributed by atoms with Crippen LogP contribution in [0.1, 0.15) is 31.9 Å². The lowest BCUT2D eigenvalue weighted by Gasteiger charge is -2.31. The minimum Gasteiger partial charge on any atom is -0.356 e. The Balaban J connectivity index is 1.90. The Kier molecular flexibility index (Phi) is 9.15. The number of benzene rings is 1. The van der Waals surface area contributed by atoms with Gasteiger partial charge in [0.1, 0.15) is 0 Å². The number of hydrogen-bond donors (Lipinski definition) is 2. The van der Waals surface area contributed by atoms with Gasteiger partial charge >= 0.3 is 0 Å². The molecule has 0 aliphatic heterocycles. The van der Waals surface area contributed by atoms with Crippen LogP contribution in [0, 0.1) is 0 Å². The molecule has 1 unspecified atom stereocenters. The molecule has 0 spiro atoms. The van der Waals surface area contributed by atoms with Gasteiger partial charge in [-0.15, -0.1) is 0 Å². The first-order valence-corrected chi connectivity index (χ1v) is 9.96. The minimum atomic E-state index is 0.193. The average molecular weight is 391 g/mol. The lowest BCUT2D eigenvalue weighted by molar-refractivity contribution is 0.219. The first-order valence-electron chi connectivity index (χ1n) is 9.58. The Bertz CT molecular complexity index is 682. The van der Waals surface area contributed by atoms with Crippen molar-refractivity contribution in [1.82, 2.24) is 25.1 Å². The van der Waals surface area contributed by atoms with Gasteiger partial charge in [0.2, 0.25) is 0 Å². The van der Waals surface area contributed by atoms with Gasteiger partial charge < -0.3 is 15.2 Å². The Labute approximate surface area is 167 Å². The van der Waals surface area contributed by atoms with Gasteiger partial charge in [-0.3, -0.25) is 9.89 Å². The van der Waals surface area contributed by atoms with Crippen LogP contribution < -0.4 is 10.6 Å². The van der Waals surface area contributed by atoms with Crippen LogP contribution in [0.3, 0.4) is 0 Å². The Morgan fingerprint density at radius 2 is 2.04 bits per heavy atom. The standard InChI is InChI=1S/C20H31ClN6/c1-4-27(5-2)19(17-9-6-7-10-18(17)21)15-25-20(22-3)24-11-8-13-26-14-12-23-16-26/h6-7,9-10,12,14,16,19H,4-5,8,11,13,15H2,1-3H3,(H2,22,24,25). The fourth-order valence-electron chi connectivity index (χ4n) is 3.15. The topological polar surface area (TPSA) is 57.5 Å². The van der Waals surface area contributed by atoms with Crippen LogP contribution in [0.2, 0.25) is 5.02 Å². The molecule has 7 heteroatoms. The molecule has 2 aromatic rings. The fraction of sp³-hybridized carbons (Fsp3) is 0.500. The summed E-state index contributed by atoms with van der Waals surface area (Å²) in [5.41, 5.74) is 1.14. The predicted octanol–water partition coefficient (Wildman–Crippen LogP) is 3.17. The molecule has 0 saturated carbocycles. The second-order valence-electron chi connectivity index (χ2n) is 6.29. The van der Waals surface area contributed by atoms with E-state index in [4.69, 9.17) is 11.6 Å². The fourth-order valence-corrected chi connectivity index (χ4v) is 3.41. The van der Waals surface area contributed by atoms with E-state index in [0.717, 1.165) is 55.7 Å². The lowest BCUT2D eigenvalue weighted by atomic mass is 10.0. The van der Waals surface area contributed by atoms with E-state index in [1.54, 1.807) is 13.2 Å². The summed E-state index contributed by atoms with van der Waals surface area (Å²) in [5, 5.41) is 7.64. The normalized spacial score (nSPS) is 13.0. The molecule has 27 heavy (non-hydrogen) atoms. The van der Waals surface area contributed by atoms with Crippen molar-refractivity contribution in [3.8, 4) is 0 Å². The molecule has 0 aliphatic carbocycles. The molecule has 0 radical (unpaired) electrons.